The van der Waals surface area contributed by atoms with E-state index in [4.69, 9.17) is 0 Å². The van der Waals surface area contributed by atoms with Crippen LogP contribution in [-0.2, 0) is 6.18 Å². The molecule has 0 atom stereocenters. The molecule has 3 nitrogen and oxygen atoms in total. The summed E-state index contributed by atoms with van der Waals surface area (Å²) in [6.07, 6.45) is -0.557. The molecule has 2 heterocycles. The van der Waals surface area contributed by atoms with Gasteiger partial charge in [0.05, 0.1) is 5.69 Å². The standard InChI is InChI=1S/C22H22F3N3/c1-13(2)17-6-5-7-18(14(3)4)20(17)15-8-9-26-19(10-15)16-11-27-21(28-12-16)22(23,24)25/h5-14H,1-4H3. The van der Waals surface area contributed by atoms with Crippen LogP contribution in [0.4, 0.5) is 13.2 Å². The Morgan fingerprint density at radius 3 is 1.86 bits per heavy atom. The SMILES string of the molecule is CC(C)c1cccc(C(C)C)c1-c1ccnc(-c2cnc(C(F)(F)F)nc2)c1. The fourth-order valence-corrected chi connectivity index (χ4v) is 3.23. The summed E-state index contributed by atoms with van der Waals surface area (Å²) in [5.41, 5.74) is 5.59. The maximum Gasteiger partial charge on any atom is 0.451 e. The van der Waals surface area contributed by atoms with E-state index in [1.807, 2.05) is 12.1 Å². The van der Waals surface area contributed by atoms with E-state index < -0.39 is 12.0 Å². The Kier molecular flexibility index (Phi) is 5.49. The number of rotatable bonds is 4. The highest BCUT2D eigenvalue weighted by Crippen LogP contribution is 2.37. The molecule has 146 valence electrons. The topological polar surface area (TPSA) is 38.7 Å². The quantitative estimate of drug-likeness (QED) is 0.516. The van der Waals surface area contributed by atoms with Crippen LogP contribution in [0.3, 0.4) is 0 Å². The van der Waals surface area contributed by atoms with E-state index in [0.717, 1.165) is 11.1 Å². The fraction of sp³-hybridized carbons (Fsp3) is 0.318. The third-order valence-electron chi connectivity index (χ3n) is 4.62. The molecule has 28 heavy (non-hydrogen) atoms. The van der Waals surface area contributed by atoms with Crippen molar-refractivity contribution in [1.82, 2.24) is 15.0 Å². The van der Waals surface area contributed by atoms with Crippen LogP contribution < -0.4 is 0 Å². The smallest absolute Gasteiger partial charge is 0.256 e. The number of pyridine rings is 1. The summed E-state index contributed by atoms with van der Waals surface area (Å²) in [5.74, 6) is -0.487. The van der Waals surface area contributed by atoms with Crippen molar-refractivity contribution in [2.24, 2.45) is 0 Å². The lowest BCUT2D eigenvalue weighted by Gasteiger charge is -2.20. The van der Waals surface area contributed by atoms with Gasteiger partial charge in [0.2, 0.25) is 5.82 Å². The van der Waals surface area contributed by atoms with E-state index in [1.54, 1.807) is 6.20 Å². The van der Waals surface area contributed by atoms with E-state index in [1.165, 1.54) is 23.5 Å². The number of hydrogen-bond donors (Lipinski definition) is 0. The lowest BCUT2D eigenvalue weighted by atomic mass is 9.85. The van der Waals surface area contributed by atoms with Gasteiger partial charge in [-0.2, -0.15) is 13.2 Å². The summed E-state index contributed by atoms with van der Waals surface area (Å²) in [4.78, 5) is 11.2. The first-order chi connectivity index (χ1) is 13.2. The molecule has 0 aliphatic rings. The van der Waals surface area contributed by atoms with Crippen molar-refractivity contribution >= 4 is 0 Å². The number of nitrogens with zero attached hydrogens (tertiary/aromatic N) is 3. The molecule has 0 aliphatic heterocycles. The van der Waals surface area contributed by atoms with E-state index in [2.05, 4.69) is 60.8 Å². The molecular weight excluding hydrogens is 363 g/mol. The third kappa shape index (κ3) is 4.06. The maximum atomic E-state index is 12.7. The van der Waals surface area contributed by atoms with Gasteiger partial charge in [-0.3, -0.25) is 4.98 Å². The number of hydrogen-bond acceptors (Lipinski definition) is 3. The molecule has 0 bridgehead atoms. The summed E-state index contributed by atoms with van der Waals surface area (Å²) in [6, 6.07) is 10.1. The second-order valence-electron chi connectivity index (χ2n) is 7.34. The zero-order chi connectivity index (χ0) is 20.5. The first kappa shape index (κ1) is 20.0. The summed E-state index contributed by atoms with van der Waals surface area (Å²) in [6.45, 7) is 8.59. The van der Waals surface area contributed by atoms with Crippen LogP contribution in [0.15, 0.2) is 48.9 Å². The summed E-state index contributed by atoms with van der Waals surface area (Å²) in [7, 11) is 0. The maximum absolute atomic E-state index is 12.7. The average molecular weight is 385 g/mol. The monoisotopic (exact) mass is 385 g/mol. The Bertz CT molecular complexity index is 935. The van der Waals surface area contributed by atoms with Crippen LogP contribution in [0.1, 0.15) is 56.5 Å². The number of benzene rings is 1. The molecule has 3 aromatic rings. The van der Waals surface area contributed by atoms with Gasteiger partial charge in [0, 0.05) is 24.2 Å². The van der Waals surface area contributed by atoms with Gasteiger partial charge in [-0.1, -0.05) is 45.9 Å². The predicted molar refractivity (Wildman–Crippen MR) is 104 cm³/mol. The second kappa shape index (κ2) is 7.70. The molecule has 0 aliphatic carbocycles. The Balaban J connectivity index is 2.10. The van der Waals surface area contributed by atoms with Gasteiger partial charge in [-0.25, -0.2) is 9.97 Å². The van der Waals surface area contributed by atoms with Gasteiger partial charge < -0.3 is 0 Å². The molecule has 6 heteroatoms. The highest BCUT2D eigenvalue weighted by atomic mass is 19.4. The first-order valence-electron chi connectivity index (χ1n) is 9.17. The lowest BCUT2D eigenvalue weighted by Crippen LogP contribution is -2.10. The normalized spacial score (nSPS) is 12.0. The van der Waals surface area contributed by atoms with Gasteiger partial charge in [0.25, 0.3) is 0 Å². The summed E-state index contributed by atoms with van der Waals surface area (Å²) >= 11 is 0. The molecule has 0 unspecified atom stereocenters. The number of halogens is 3. The molecule has 0 saturated carbocycles. The van der Waals surface area contributed by atoms with Crippen LogP contribution >= 0.6 is 0 Å². The van der Waals surface area contributed by atoms with Crippen LogP contribution in [0.25, 0.3) is 22.4 Å². The molecule has 3 rings (SSSR count). The molecule has 1 aromatic carbocycles. The van der Waals surface area contributed by atoms with E-state index in [9.17, 15) is 13.2 Å². The van der Waals surface area contributed by atoms with Crippen LogP contribution in [0.2, 0.25) is 0 Å². The largest absolute Gasteiger partial charge is 0.451 e. The lowest BCUT2D eigenvalue weighted by molar-refractivity contribution is -0.144. The van der Waals surface area contributed by atoms with Crippen molar-refractivity contribution in [3.05, 3.63) is 65.9 Å². The van der Waals surface area contributed by atoms with Crippen molar-refractivity contribution in [1.29, 1.82) is 0 Å². The van der Waals surface area contributed by atoms with Crippen LogP contribution in [-0.4, -0.2) is 15.0 Å². The van der Waals surface area contributed by atoms with Crippen molar-refractivity contribution in [2.45, 2.75) is 45.7 Å². The molecule has 0 spiro atoms. The molecular formula is C22H22F3N3. The van der Waals surface area contributed by atoms with Crippen molar-refractivity contribution < 1.29 is 13.2 Å². The Morgan fingerprint density at radius 1 is 0.786 bits per heavy atom. The Labute approximate surface area is 162 Å². The molecule has 0 fully saturated rings. The predicted octanol–water partition coefficient (Wildman–Crippen LogP) is 6.47. The second-order valence-corrected chi connectivity index (χ2v) is 7.34. The van der Waals surface area contributed by atoms with Crippen molar-refractivity contribution in [3.8, 4) is 22.4 Å². The van der Waals surface area contributed by atoms with E-state index in [0.29, 0.717) is 23.1 Å². The molecule has 0 saturated heterocycles. The van der Waals surface area contributed by atoms with E-state index in [-0.39, 0.29) is 0 Å². The number of aromatic nitrogens is 3. The first-order valence-corrected chi connectivity index (χ1v) is 9.17. The van der Waals surface area contributed by atoms with Gasteiger partial charge in [0.15, 0.2) is 0 Å². The van der Waals surface area contributed by atoms with Gasteiger partial charge in [-0.05, 0) is 46.2 Å². The molecule has 0 N–H and O–H groups in total. The minimum Gasteiger partial charge on any atom is -0.256 e. The summed E-state index contributed by atoms with van der Waals surface area (Å²) < 4.78 is 38.1. The Hall–Kier alpha value is -2.76. The van der Waals surface area contributed by atoms with Gasteiger partial charge >= 0.3 is 6.18 Å². The van der Waals surface area contributed by atoms with Crippen LogP contribution in [0.5, 0.6) is 0 Å². The number of alkyl halides is 3. The van der Waals surface area contributed by atoms with Crippen LogP contribution in [0, 0.1) is 0 Å². The molecule has 0 amide bonds. The van der Waals surface area contributed by atoms with Gasteiger partial charge in [-0.15, -0.1) is 0 Å². The zero-order valence-corrected chi connectivity index (χ0v) is 16.2. The minimum atomic E-state index is -4.56. The zero-order valence-electron chi connectivity index (χ0n) is 16.2. The minimum absolute atomic E-state index is 0.333. The molecule has 0 radical (unpaired) electrons. The highest BCUT2D eigenvalue weighted by Gasteiger charge is 2.34. The fourth-order valence-electron chi connectivity index (χ4n) is 3.23. The van der Waals surface area contributed by atoms with Crippen molar-refractivity contribution in [2.75, 3.05) is 0 Å². The highest BCUT2D eigenvalue weighted by molar-refractivity contribution is 5.75. The van der Waals surface area contributed by atoms with Crippen molar-refractivity contribution in [3.63, 3.8) is 0 Å². The van der Waals surface area contributed by atoms with E-state index >= 15 is 0 Å². The van der Waals surface area contributed by atoms with Gasteiger partial charge in [0.1, 0.15) is 0 Å². The average Bonchev–Trinajstić information content (AvgIpc) is 2.66. The molecule has 2 aromatic heterocycles. The summed E-state index contributed by atoms with van der Waals surface area (Å²) in [5, 5.41) is 0. The third-order valence-corrected chi connectivity index (χ3v) is 4.62. The Morgan fingerprint density at radius 2 is 1.36 bits per heavy atom.